The second-order valence-corrected chi connectivity index (χ2v) is 3.08. The van der Waals surface area contributed by atoms with E-state index in [1.165, 1.54) is 0 Å². The first-order valence-corrected chi connectivity index (χ1v) is 4.60. The van der Waals surface area contributed by atoms with E-state index in [0.29, 0.717) is 22.8 Å². The second kappa shape index (κ2) is 4.88. The standard InChI is InChI=1S/C9H12N2O2S/c1-2-13-9(12)7-4-3-6(11-10)5-8(7)14/h3-5,11,14H,2,10H2,1H3. The topological polar surface area (TPSA) is 64.3 Å². The predicted molar refractivity (Wildman–Crippen MR) is 57.5 cm³/mol. The maximum absolute atomic E-state index is 11.3. The summed E-state index contributed by atoms with van der Waals surface area (Å²) in [5.41, 5.74) is 3.60. The average Bonchev–Trinajstić information content (AvgIpc) is 2.17. The second-order valence-electron chi connectivity index (χ2n) is 2.60. The van der Waals surface area contributed by atoms with E-state index in [0.717, 1.165) is 0 Å². The van der Waals surface area contributed by atoms with Crippen LogP contribution in [0, 0.1) is 0 Å². The van der Waals surface area contributed by atoms with Gasteiger partial charge in [0.15, 0.2) is 0 Å². The Bertz CT molecular complexity index is 342. The molecule has 14 heavy (non-hydrogen) atoms. The summed E-state index contributed by atoms with van der Waals surface area (Å²) in [6.45, 7) is 2.11. The molecule has 1 rings (SSSR count). The third-order valence-corrected chi connectivity index (χ3v) is 2.03. The van der Waals surface area contributed by atoms with E-state index in [9.17, 15) is 4.79 Å². The quantitative estimate of drug-likeness (QED) is 0.307. The highest BCUT2D eigenvalue weighted by Gasteiger charge is 2.10. The van der Waals surface area contributed by atoms with E-state index in [4.69, 9.17) is 10.6 Å². The first-order valence-electron chi connectivity index (χ1n) is 4.15. The first kappa shape index (κ1) is 10.9. The molecule has 0 aromatic heterocycles. The number of hydrogen-bond donors (Lipinski definition) is 3. The molecule has 0 radical (unpaired) electrons. The Morgan fingerprint density at radius 3 is 2.86 bits per heavy atom. The molecule has 1 aromatic carbocycles. The predicted octanol–water partition coefficient (Wildman–Crippen LogP) is 1.44. The molecule has 0 amide bonds. The number of rotatable bonds is 3. The number of thiol groups is 1. The molecular formula is C9H12N2O2S. The van der Waals surface area contributed by atoms with Crippen LogP contribution in [0.15, 0.2) is 23.1 Å². The van der Waals surface area contributed by atoms with Gasteiger partial charge in [-0.3, -0.25) is 5.84 Å². The molecule has 0 heterocycles. The molecule has 0 spiro atoms. The van der Waals surface area contributed by atoms with Gasteiger partial charge in [0.05, 0.1) is 12.2 Å². The van der Waals surface area contributed by atoms with E-state index in [1.807, 2.05) is 0 Å². The highest BCUT2D eigenvalue weighted by atomic mass is 32.1. The lowest BCUT2D eigenvalue weighted by Gasteiger charge is -2.06. The molecular weight excluding hydrogens is 200 g/mol. The molecule has 0 aliphatic heterocycles. The van der Waals surface area contributed by atoms with Crippen molar-refractivity contribution in [3.63, 3.8) is 0 Å². The molecule has 0 saturated carbocycles. The molecule has 4 nitrogen and oxygen atoms in total. The number of nitrogens with one attached hydrogen (secondary N) is 1. The Morgan fingerprint density at radius 1 is 1.64 bits per heavy atom. The van der Waals surface area contributed by atoms with Crippen LogP contribution in [0.1, 0.15) is 17.3 Å². The average molecular weight is 212 g/mol. The number of hydrogen-bond acceptors (Lipinski definition) is 5. The van der Waals surface area contributed by atoms with Crippen molar-refractivity contribution in [1.29, 1.82) is 0 Å². The SMILES string of the molecule is CCOC(=O)c1ccc(NN)cc1S. The summed E-state index contributed by atoms with van der Waals surface area (Å²) in [7, 11) is 0. The lowest BCUT2D eigenvalue weighted by molar-refractivity contribution is 0.0522. The Morgan fingerprint density at radius 2 is 2.36 bits per heavy atom. The minimum Gasteiger partial charge on any atom is -0.462 e. The van der Waals surface area contributed by atoms with Gasteiger partial charge in [-0.1, -0.05) is 0 Å². The largest absolute Gasteiger partial charge is 0.462 e. The maximum Gasteiger partial charge on any atom is 0.339 e. The van der Waals surface area contributed by atoms with Gasteiger partial charge >= 0.3 is 5.97 Å². The number of anilines is 1. The van der Waals surface area contributed by atoms with Crippen molar-refractivity contribution >= 4 is 24.3 Å². The minimum atomic E-state index is -0.374. The first-order chi connectivity index (χ1) is 6.69. The lowest BCUT2D eigenvalue weighted by atomic mass is 10.2. The highest BCUT2D eigenvalue weighted by Crippen LogP contribution is 2.19. The summed E-state index contributed by atoms with van der Waals surface area (Å²) < 4.78 is 4.84. The van der Waals surface area contributed by atoms with E-state index >= 15 is 0 Å². The molecule has 5 heteroatoms. The summed E-state index contributed by atoms with van der Waals surface area (Å²) in [5.74, 6) is 4.83. The highest BCUT2D eigenvalue weighted by molar-refractivity contribution is 7.80. The molecule has 0 aliphatic rings. The van der Waals surface area contributed by atoms with Crippen LogP contribution in [0.3, 0.4) is 0 Å². The number of nitrogens with two attached hydrogens (primary N) is 1. The van der Waals surface area contributed by atoms with E-state index in [2.05, 4.69) is 18.1 Å². The van der Waals surface area contributed by atoms with Crippen molar-refractivity contribution in [3.05, 3.63) is 23.8 Å². The van der Waals surface area contributed by atoms with Crippen LogP contribution >= 0.6 is 12.6 Å². The van der Waals surface area contributed by atoms with E-state index in [-0.39, 0.29) is 5.97 Å². The van der Waals surface area contributed by atoms with Gasteiger partial charge in [0, 0.05) is 10.6 Å². The molecule has 0 unspecified atom stereocenters. The van der Waals surface area contributed by atoms with Crippen LogP contribution in [-0.2, 0) is 4.74 Å². The van der Waals surface area contributed by atoms with Crippen LogP contribution in [0.5, 0.6) is 0 Å². The fraction of sp³-hybridized carbons (Fsp3) is 0.222. The number of carbonyl (C=O) groups excluding carboxylic acids is 1. The van der Waals surface area contributed by atoms with Crippen molar-refractivity contribution in [2.75, 3.05) is 12.0 Å². The monoisotopic (exact) mass is 212 g/mol. The zero-order valence-electron chi connectivity index (χ0n) is 7.78. The number of benzene rings is 1. The van der Waals surface area contributed by atoms with E-state index in [1.54, 1.807) is 25.1 Å². The third kappa shape index (κ3) is 2.40. The number of ether oxygens (including phenoxy) is 1. The van der Waals surface area contributed by atoms with Crippen molar-refractivity contribution in [3.8, 4) is 0 Å². The van der Waals surface area contributed by atoms with Crippen LogP contribution in [-0.4, -0.2) is 12.6 Å². The van der Waals surface area contributed by atoms with Crippen LogP contribution in [0.2, 0.25) is 0 Å². The van der Waals surface area contributed by atoms with Gasteiger partial charge in [-0.15, -0.1) is 12.6 Å². The van der Waals surface area contributed by atoms with Crippen LogP contribution < -0.4 is 11.3 Å². The number of hydrazine groups is 1. The molecule has 1 aromatic rings. The summed E-state index contributed by atoms with van der Waals surface area (Å²) in [5, 5.41) is 0. The van der Waals surface area contributed by atoms with Gasteiger partial charge < -0.3 is 10.2 Å². The molecule has 0 fully saturated rings. The van der Waals surface area contributed by atoms with Gasteiger partial charge in [-0.25, -0.2) is 4.79 Å². The Balaban J connectivity index is 2.94. The van der Waals surface area contributed by atoms with Crippen molar-refractivity contribution in [1.82, 2.24) is 0 Å². The van der Waals surface area contributed by atoms with Gasteiger partial charge in [-0.2, -0.15) is 0 Å². The molecule has 0 bridgehead atoms. The Labute approximate surface area is 87.8 Å². The molecule has 0 aliphatic carbocycles. The van der Waals surface area contributed by atoms with Crippen molar-refractivity contribution < 1.29 is 9.53 Å². The van der Waals surface area contributed by atoms with E-state index < -0.39 is 0 Å². The minimum absolute atomic E-state index is 0.350. The normalized spacial score (nSPS) is 9.64. The number of nitrogen functional groups attached to an aromatic ring is 1. The smallest absolute Gasteiger partial charge is 0.339 e. The lowest BCUT2D eigenvalue weighted by Crippen LogP contribution is -2.09. The van der Waals surface area contributed by atoms with Gasteiger partial charge in [0.2, 0.25) is 0 Å². The maximum atomic E-state index is 11.3. The summed E-state index contributed by atoms with van der Waals surface area (Å²) in [6, 6.07) is 4.97. The molecule has 76 valence electrons. The van der Waals surface area contributed by atoms with Crippen molar-refractivity contribution in [2.45, 2.75) is 11.8 Å². The van der Waals surface area contributed by atoms with Gasteiger partial charge in [-0.05, 0) is 25.1 Å². The summed E-state index contributed by atoms with van der Waals surface area (Å²) >= 11 is 4.16. The molecule has 3 N–H and O–H groups in total. The van der Waals surface area contributed by atoms with Crippen LogP contribution in [0.4, 0.5) is 5.69 Å². The number of esters is 1. The van der Waals surface area contributed by atoms with Crippen LogP contribution in [0.25, 0.3) is 0 Å². The van der Waals surface area contributed by atoms with Gasteiger partial charge in [0.1, 0.15) is 0 Å². The number of carbonyl (C=O) groups is 1. The molecule has 0 saturated heterocycles. The third-order valence-electron chi connectivity index (χ3n) is 1.66. The van der Waals surface area contributed by atoms with Crippen molar-refractivity contribution in [2.24, 2.45) is 5.84 Å². The fourth-order valence-corrected chi connectivity index (χ4v) is 1.31. The fourth-order valence-electron chi connectivity index (χ4n) is 1.00. The summed E-state index contributed by atoms with van der Waals surface area (Å²) in [4.78, 5) is 11.9. The molecule has 0 atom stereocenters. The summed E-state index contributed by atoms with van der Waals surface area (Å²) in [6.07, 6.45) is 0. The Hall–Kier alpha value is -1.20. The zero-order chi connectivity index (χ0) is 10.6. The Kier molecular flexibility index (Phi) is 3.79. The zero-order valence-corrected chi connectivity index (χ0v) is 8.67. The van der Waals surface area contributed by atoms with Gasteiger partial charge in [0.25, 0.3) is 0 Å².